The molecule has 3 nitrogen and oxygen atoms in total. The second-order valence-corrected chi connectivity index (χ2v) is 6.20. The molecule has 1 aliphatic carbocycles. The van der Waals surface area contributed by atoms with Crippen LogP contribution in [0.2, 0.25) is 0 Å². The zero-order chi connectivity index (χ0) is 11.7. The number of nitrogens with zero attached hydrogens (tertiary/aromatic N) is 1. The maximum absolute atomic E-state index is 6.38. The molecular formula is C14H26N2O. The van der Waals surface area contributed by atoms with Crippen LogP contribution in [0, 0.1) is 0 Å². The minimum Gasteiger partial charge on any atom is -0.370 e. The monoisotopic (exact) mass is 238 g/mol. The van der Waals surface area contributed by atoms with Crippen LogP contribution < -0.4 is 5.32 Å². The lowest BCUT2D eigenvalue weighted by Gasteiger charge is -2.26. The number of hydrogen-bond acceptors (Lipinski definition) is 3. The molecule has 0 radical (unpaired) electrons. The van der Waals surface area contributed by atoms with Crippen molar-refractivity contribution in [2.75, 3.05) is 26.7 Å². The molecular weight excluding hydrogens is 212 g/mol. The van der Waals surface area contributed by atoms with E-state index in [0.717, 1.165) is 0 Å². The van der Waals surface area contributed by atoms with E-state index in [1.54, 1.807) is 0 Å². The Labute approximate surface area is 105 Å². The maximum atomic E-state index is 6.38. The first-order chi connectivity index (χ1) is 8.30. The van der Waals surface area contributed by atoms with Crippen LogP contribution in [0.1, 0.15) is 44.9 Å². The highest BCUT2D eigenvalue weighted by atomic mass is 16.5. The third-order valence-electron chi connectivity index (χ3n) is 5.00. The normalized spacial score (nSPS) is 37.2. The number of nitrogens with one attached hydrogen (secondary N) is 1. The van der Waals surface area contributed by atoms with Crippen LogP contribution in [0.15, 0.2) is 0 Å². The molecule has 2 saturated heterocycles. The lowest BCUT2D eigenvalue weighted by Crippen LogP contribution is -2.35. The van der Waals surface area contributed by atoms with Gasteiger partial charge < -0.3 is 10.1 Å². The number of hydrogen-bond donors (Lipinski definition) is 1. The third-order valence-corrected chi connectivity index (χ3v) is 5.00. The Kier molecular flexibility index (Phi) is 3.42. The molecule has 3 rings (SSSR count). The van der Waals surface area contributed by atoms with Gasteiger partial charge in [-0.05, 0) is 45.7 Å². The van der Waals surface area contributed by atoms with Crippen molar-refractivity contribution in [2.45, 2.75) is 62.7 Å². The number of rotatable bonds is 3. The van der Waals surface area contributed by atoms with Gasteiger partial charge in [0.25, 0.3) is 0 Å². The van der Waals surface area contributed by atoms with E-state index in [-0.39, 0.29) is 0 Å². The van der Waals surface area contributed by atoms with Gasteiger partial charge in [0.2, 0.25) is 0 Å². The van der Waals surface area contributed by atoms with Crippen LogP contribution in [0.25, 0.3) is 0 Å². The molecule has 0 amide bonds. The van der Waals surface area contributed by atoms with E-state index >= 15 is 0 Å². The van der Waals surface area contributed by atoms with Gasteiger partial charge in [-0.1, -0.05) is 12.8 Å². The molecule has 0 aromatic heterocycles. The van der Waals surface area contributed by atoms with E-state index in [2.05, 4.69) is 17.3 Å². The zero-order valence-corrected chi connectivity index (χ0v) is 11.1. The van der Waals surface area contributed by atoms with Crippen molar-refractivity contribution >= 4 is 0 Å². The number of likely N-dealkylation sites (tertiary alicyclic amines) is 1. The molecule has 1 spiro atoms. The molecule has 2 heterocycles. The molecule has 3 fully saturated rings. The van der Waals surface area contributed by atoms with Crippen molar-refractivity contribution < 1.29 is 4.74 Å². The van der Waals surface area contributed by atoms with E-state index in [0.29, 0.717) is 17.7 Å². The van der Waals surface area contributed by atoms with E-state index in [1.807, 2.05) is 0 Å². The standard InChI is InChI=1S/C14H26N2O/c1-15-12-5-9-16(10-12)11-13-4-8-14(17-13)6-2-3-7-14/h12-13,15H,2-11H2,1H3. The largest absolute Gasteiger partial charge is 0.370 e. The predicted molar refractivity (Wildman–Crippen MR) is 69.2 cm³/mol. The van der Waals surface area contributed by atoms with Gasteiger partial charge in [0.05, 0.1) is 11.7 Å². The molecule has 3 aliphatic rings. The van der Waals surface area contributed by atoms with Crippen molar-refractivity contribution in [3.63, 3.8) is 0 Å². The smallest absolute Gasteiger partial charge is 0.0710 e. The van der Waals surface area contributed by atoms with Crippen LogP contribution in [0.5, 0.6) is 0 Å². The lowest BCUT2D eigenvalue weighted by atomic mass is 9.98. The summed E-state index contributed by atoms with van der Waals surface area (Å²) in [7, 11) is 2.08. The van der Waals surface area contributed by atoms with Gasteiger partial charge in [-0.3, -0.25) is 4.90 Å². The van der Waals surface area contributed by atoms with Crippen molar-refractivity contribution in [2.24, 2.45) is 0 Å². The third kappa shape index (κ3) is 2.51. The van der Waals surface area contributed by atoms with E-state index in [1.165, 1.54) is 64.6 Å². The molecule has 1 N–H and O–H groups in total. The zero-order valence-electron chi connectivity index (χ0n) is 11.1. The maximum Gasteiger partial charge on any atom is 0.0710 e. The molecule has 2 aliphatic heterocycles. The first-order valence-electron chi connectivity index (χ1n) is 7.37. The Hall–Kier alpha value is -0.120. The van der Waals surface area contributed by atoms with Crippen LogP contribution in [0.4, 0.5) is 0 Å². The predicted octanol–water partition coefficient (Wildman–Crippen LogP) is 1.77. The van der Waals surface area contributed by atoms with Crippen molar-refractivity contribution in [3.05, 3.63) is 0 Å². The average molecular weight is 238 g/mol. The summed E-state index contributed by atoms with van der Waals surface area (Å²) >= 11 is 0. The van der Waals surface area contributed by atoms with Gasteiger partial charge in [-0.25, -0.2) is 0 Å². The first-order valence-corrected chi connectivity index (χ1v) is 7.37. The molecule has 1 saturated carbocycles. The Morgan fingerprint density at radius 3 is 2.76 bits per heavy atom. The summed E-state index contributed by atoms with van der Waals surface area (Å²) in [6.45, 7) is 3.63. The topological polar surface area (TPSA) is 24.5 Å². The van der Waals surface area contributed by atoms with Crippen LogP contribution in [-0.2, 0) is 4.74 Å². The van der Waals surface area contributed by atoms with Gasteiger partial charge in [0, 0.05) is 19.1 Å². The van der Waals surface area contributed by atoms with Gasteiger partial charge in [0.1, 0.15) is 0 Å². The fourth-order valence-corrected chi connectivity index (χ4v) is 3.93. The number of ether oxygens (including phenoxy) is 1. The fourth-order valence-electron chi connectivity index (χ4n) is 3.93. The molecule has 0 bridgehead atoms. The Balaban J connectivity index is 1.47. The van der Waals surface area contributed by atoms with Crippen molar-refractivity contribution in [3.8, 4) is 0 Å². The summed E-state index contributed by atoms with van der Waals surface area (Å²) in [6, 6.07) is 0.705. The highest BCUT2D eigenvalue weighted by Crippen LogP contribution is 2.43. The first kappa shape index (κ1) is 11.9. The van der Waals surface area contributed by atoms with E-state index in [4.69, 9.17) is 4.74 Å². The molecule has 3 heteroatoms. The Morgan fingerprint density at radius 1 is 1.24 bits per heavy atom. The fraction of sp³-hybridized carbons (Fsp3) is 1.00. The minimum absolute atomic E-state index is 0.312. The van der Waals surface area contributed by atoms with Gasteiger partial charge >= 0.3 is 0 Å². The van der Waals surface area contributed by atoms with Crippen LogP contribution >= 0.6 is 0 Å². The molecule has 0 aromatic rings. The summed E-state index contributed by atoms with van der Waals surface area (Å²) in [4.78, 5) is 2.58. The summed E-state index contributed by atoms with van der Waals surface area (Å²) in [6.07, 6.45) is 9.85. The SMILES string of the molecule is CNC1CCN(CC2CCC3(CCCC3)O2)C1. The molecule has 98 valence electrons. The molecule has 17 heavy (non-hydrogen) atoms. The van der Waals surface area contributed by atoms with Gasteiger partial charge in [-0.2, -0.15) is 0 Å². The van der Waals surface area contributed by atoms with Gasteiger partial charge in [0.15, 0.2) is 0 Å². The quantitative estimate of drug-likeness (QED) is 0.811. The summed E-state index contributed by atoms with van der Waals surface area (Å²) in [5, 5.41) is 3.38. The molecule has 2 unspecified atom stereocenters. The minimum atomic E-state index is 0.312. The van der Waals surface area contributed by atoms with Crippen LogP contribution in [0.3, 0.4) is 0 Å². The summed E-state index contributed by atoms with van der Waals surface area (Å²) in [5.74, 6) is 0. The molecule has 0 aromatic carbocycles. The summed E-state index contributed by atoms with van der Waals surface area (Å²) in [5.41, 5.74) is 0.312. The van der Waals surface area contributed by atoms with E-state index < -0.39 is 0 Å². The lowest BCUT2D eigenvalue weighted by molar-refractivity contribution is -0.0454. The number of likely N-dealkylation sites (N-methyl/N-ethyl adjacent to an activating group) is 1. The highest BCUT2D eigenvalue weighted by molar-refractivity contribution is 4.94. The highest BCUT2D eigenvalue weighted by Gasteiger charge is 2.42. The van der Waals surface area contributed by atoms with Crippen LogP contribution in [-0.4, -0.2) is 49.3 Å². The molecule has 2 atom stereocenters. The second kappa shape index (κ2) is 4.87. The summed E-state index contributed by atoms with van der Waals surface area (Å²) < 4.78 is 6.38. The second-order valence-electron chi connectivity index (χ2n) is 6.20. The Bertz CT molecular complexity index is 263. The van der Waals surface area contributed by atoms with Crippen molar-refractivity contribution in [1.82, 2.24) is 10.2 Å². The average Bonchev–Trinajstić information content (AvgIpc) is 3.03. The van der Waals surface area contributed by atoms with Crippen molar-refractivity contribution in [1.29, 1.82) is 0 Å². The Morgan fingerprint density at radius 2 is 2.06 bits per heavy atom. The van der Waals surface area contributed by atoms with E-state index in [9.17, 15) is 0 Å². The van der Waals surface area contributed by atoms with Gasteiger partial charge in [-0.15, -0.1) is 0 Å².